The average Bonchev–Trinajstić information content (AvgIpc) is 2.31. The third-order valence-electron chi connectivity index (χ3n) is 2.29. The third-order valence-corrected chi connectivity index (χ3v) is 2.29. The second kappa shape index (κ2) is 4.75. The largest absolute Gasteiger partial charge is 0.508 e. The van der Waals surface area contributed by atoms with Gasteiger partial charge in [0.05, 0.1) is 5.69 Å². The lowest BCUT2D eigenvalue weighted by Crippen LogP contribution is -2.12. The maximum absolute atomic E-state index is 13.3. The van der Waals surface area contributed by atoms with Gasteiger partial charge < -0.3 is 15.5 Å². The summed E-state index contributed by atoms with van der Waals surface area (Å²) < 4.78 is 13.3. The first kappa shape index (κ1) is 11.9. The molecule has 0 saturated carbocycles. The van der Waals surface area contributed by atoms with Crippen LogP contribution in [-0.4, -0.2) is 16.1 Å². The number of nitrogens with one attached hydrogen (secondary N) is 1. The quantitative estimate of drug-likeness (QED) is 0.763. The number of halogens is 1. The molecule has 1 amide bonds. The van der Waals surface area contributed by atoms with E-state index in [4.69, 9.17) is 0 Å². The normalized spacial score (nSPS) is 10.1. The van der Waals surface area contributed by atoms with Crippen LogP contribution in [-0.2, 0) is 0 Å². The highest BCUT2D eigenvalue weighted by molar-refractivity contribution is 6.04. The zero-order chi connectivity index (χ0) is 13.1. The van der Waals surface area contributed by atoms with E-state index >= 15 is 0 Å². The second-order valence-corrected chi connectivity index (χ2v) is 3.67. The highest BCUT2D eigenvalue weighted by Gasteiger charge is 2.10. The van der Waals surface area contributed by atoms with Gasteiger partial charge in [0.25, 0.3) is 5.91 Å². The maximum Gasteiger partial charge on any atom is 0.256 e. The molecule has 92 valence electrons. The van der Waals surface area contributed by atoms with Crippen LogP contribution < -0.4 is 5.32 Å². The summed E-state index contributed by atoms with van der Waals surface area (Å²) in [4.78, 5) is 11.8. The standard InChI is InChI=1S/C13H10FNO3/c14-11-3-1-2-4-12(11)15-13(18)8-5-9(16)7-10(17)6-8/h1-7,16-17H,(H,15,18). The van der Waals surface area contributed by atoms with Crippen molar-refractivity contribution in [2.24, 2.45) is 0 Å². The zero-order valence-electron chi connectivity index (χ0n) is 9.22. The molecule has 3 N–H and O–H groups in total. The number of anilines is 1. The molecule has 18 heavy (non-hydrogen) atoms. The molecule has 0 radical (unpaired) electrons. The van der Waals surface area contributed by atoms with Gasteiger partial charge in [0.1, 0.15) is 17.3 Å². The molecule has 0 bridgehead atoms. The van der Waals surface area contributed by atoms with Crippen LogP contribution in [0.2, 0.25) is 0 Å². The minimum atomic E-state index is -0.619. The SMILES string of the molecule is O=C(Nc1ccccc1F)c1cc(O)cc(O)c1. The van der Waals surface area contributed by atoms with E-state index in [1.165, 1.54) is 30.3 Å². The Labute approximate surface area is 102 Å². The van der Waals surface area contributed by atoms with Gasteiger partial charge in [0.15, 0.2) is 0 Å². The van der Waals surface area contributed by atoms with Crippen LogP contribution in [0.3, 0.4) is 0 Å². The number of rotatable bonds is 2. The number of para-hydroxylation sites is 1. The molecule has 0 aliphatic heterocycles. The van der Waals surface area contributed by atoms with Gasteiger partial charge in [-0.15, -0.1) is 0 Å². The van der Waals surface area contributed by atoms with Crippen LogP contribution in [0.15, 0.2) is 42.5 Å². The Balaban J connectivity index is 2.25. The summed E-state index contributed by atoms with van der Waals surface area (Å²) >= 11 is 0. The first-order valence-corrected chi connectivity index (χ1v) is 5.15. The third kappa shape index (κ3) is 2.57. The lowest BCUT2D eigenvalue weighted by atomic mass is 10.2. The van der Waals surface area contributed by atoms with Crippen LogP contribution in [0, 0.1) is 5.82 Å². The summed E-state index contributed by atoms with van der Waals surface area (Å²) in [6.45, 7) is 0. The lowest BCUT2D eigenvalue weighted by molar-refractivity contribution is 0.102. The first-order valence-electron chi connectivity index (χ1n) is 5.15. The second-order valence-electron chi connectivity index (χ2n) is 3.67. The monoisotopic (exact) mass is 247 g/mol. The fourth-order valence-electron chi connectivity index (χ4n) is 1.48. The van der Waals surface area contributed by atoms with E-state index in [2.05, 4.69) is 5.32 Å². The predicted octanol–water partition coefficient (Wildman–Crippen LogP) is 2.49. The van der Waals surface area contributed by atoms with Gasteiger partial charge in [-0.1, -0.05) is 12.1 Å². The van der Waals surface area contributed by atoms with Gasteiger partial charge >= 0.3 is 0 Å². The van der Waals surface area contributed by atoms with Crippen LogP contribution in [0.25, 0.3) is 0 Å². The molecule has 0 aliphatic rings. The van der Waals surface area contributed by atoms with Crippen molar-refractivity contribution in [3.05, 3.63) is 53.8 Å². The van der Waals surface area contributed by atoms with Gasteiger partial charge in [-0.3, -0.25) is 4.79 Å². The number of hydrogen-bond donors (Lipinski definition) is 3. The maximum atomic E-state index is 13.3. The topological polar surface area (TPSA) is 69.6 Å². The van der Waals surface area contributed by atoms with Crippen molar-refractivity contribution in [1.29, 1.82) is 0 Å². The fourth-order valence-corrected chi connectivity index (χ4v) is 1.48. The molecule has 0 saturated heterocycles. The molecule has 0 unspecified atom stereocenters. The van der Waals surface area contributed by atoms with Crippen LogP contribution in [0.1, 0.15) is 10.4 Å². The predicted molar refractivity (Wildman–Crippen MR) is 64.1 cm³/mol. The summed E-state index contributed by atoms with van der Waals surface area (Å²) in [5.74, 6) is -1.66. The Morgan fingerprint density at radius 2 is 1.67 bits per heavy atom. The summed E-state index contributed by atoms with van der Waals surface area (Å²) in [6.07, 6.45) is 0. The number of benzene rings is 2. The van der Waals surface area contributed by atoms with E-state index in [9.17, 15) is 19.4 Å². The molecule has 0 heterocycles. The van der Waals surface area contributed by atoms with Gasteiger partial charge in [0, 0.05) is 11.6 Å². The van der Waals surface area contributed by atoms with Crippen LogP contribution in [0.4, 0.5) is 10.1 Å². The molecule has 2 rings (SSSR count). The first-order chi connectivity index (χ1) is 8.56. The van der Waals surface area contributed by atoms with Gasteiger partial charge in [-0.25, -0.2) is 4.39 Å². The molecule has 0 aromatic heterocycles. The van der Waals surface area contributed by atoms with Crippen molar-refractivity contribution in [1.82, 2.24) is 0 Å². The number of phenolic OH excluding ortho intramolecular Hbond substituents is 2. The number of phenols is 2. The van der Waals surface area contributed by atoms with E-state index < -0.39 is 11.7 Å². The highest BCUT2D eigenvalue weighted by Crippen LogP contribution is 2.21. The Bertz CT molecular complexity index is 578. The number of carbonyl (C=O) groups is 1. The summed E-state index contributed by atoms with van der Waals surface area (Å²) in [5, 5.41) is 20.8. The molecule has 4 nitrogen and oxygen atoms in total. The van der Waals surface area contributed by atoms with E-state index in [0.717, 1.165) is 6.07 Å². The van der Waals surface area contributed by atoms with E-state index in [1.807, 2.05) is 0 Å². The van der Waals surface area contributed by atoms with Crippen LogP contribution >= 0.6 is 0 Å². The molecule has 2 aromatic rings. The molecule has 2 aromatic carbocycles. The number of hydrogen-bond acceptors (Lipinski definition) is 3. The fraction of sp³-hybridized carbons (Fsp3) is 0. The number of carbonyl (C=O) groups excluding carboxylic acids is 1. The highest BCUT2D eigenvalue weighted by atomic mass is 19.1. The van der Waals surface area contributed by atoms with Gasteiger partial charge in [-0.2, -0.15) is 0 Å². The molecular formula is C13H10FNO3. The molecule has 0 spiro atoms. The number of aromatic hydroxyl groups is 2. The van der Waals surface area contributed by atoms with Crippen LogP contribution in [0.5, 0.6) is 11.5 Å². The van der Waals surface area contributed by atoms with E-state index in [1.54, 1.807) is 6.07 Å². The van der Waals surface area contributed by atoms with Crippen molar-refractivity contribution < 1.29 is 19.4 Å². The minimum absolute atomic E-state index is 0.0327. The zero-order valence-corrected chi connectivity index (χ0v) is 9.22. The molecule has 0 fully saturated rings. The smallest absolute Gasteiger partial charge is 0.256 e. The Hall–Kier alpha value is -2.56. The Morgan fingerprint density at radius 3 is 2.28 bits per heavy atom. The molecule has 5 heteroatoms. The van der Waals surface area contributed by atoms with Crippen molar-refractivity contribution in [2.45, 2.75) is 0 Å². The van der Waals surface area contributed by atoms with Gasteiger partial charge in [-0.05, 0) is 24.3 Å². The van der Waals surface area contributed by atoms with Crippen molar-refractivity contribution >= 4 is 11.6 Å². The Kier molecular flexibility index (Phi) is 3.14. The molecular weight excluding hydrogens is 237 g/mol. The Morgan fingerprint density at radius 1 is 1.06 bits per heavy atom. The van der Waals surface area contributed by atoms with Gasteiger partial charge in [0.2, 0.25) is 0 Å². The average molecular weight is 247 g/mol. The lowest BCUT2D eigenvalue weighted by Gasteiger charge is -2.07. The van der Waals surface area contributed by atoms with E-state index in [0.29, 0.717) is 0 Å². The summed E-state index contributed by atoms with van der Waals surface area (Å²) in [5.41, 5.74) is 0.0704. The molecule has 0 aliphatic carbocycles. The van der Waals surface area contributed by atoms with E-state index in [-0.39, 0.29) is 22.7 Å². The van der Waals surface area contributed by atoms with Crippen molar-refractivity contribution in [3.63, 3.8) is 0 Å². The summed E-state index contributed by atoms with van der Waals surface area (Å²) in [7, 11) is 0. The molecule has 0 atom stereocenters. The number of amides is 1. The minimum Gasteiger partial charge on any atom is -0.508 e. The van der Waals surface area contributed by atoms with Crippen molar-refractivity contribution in [2.75, 3.05) is 5.32 Å². The summed E-state index contributed by atoms with van der Waals surface area (Å²) in [6, 6.07) is 9.17. The van der Waals surface area contributed by atoms with Crippen molar-refractivity contribution in [3.8, 4) is 11.5 Å².